The van der Waals surface area contributed by atoms with Gasteiger partial charge in [0, 0.05) is 30.0 Å². The molecular weight excluding hydrogens is 480 g/mol. The number of β-amino-alcohol motifs (C(OH)–C–C–N with tert-alkyl or cyclic N) is 2. The van der Waals surface area contributed by atoms with Gasteiger partial charge in [-0.3, -0.25) is 14.8 Å². The van der Waals surface area contributed by atoms with Gasteiger partial charge in [0.15, 0.2) is 0 Å². The Bertz CT molecular complexity index is 1130. The van der Waals surface area contributed by atoms with Gasteiger partial charge in [0.2, 0.25) is 5.95 Å². The van der Waals surface area contributed by atoms with Crippen molar-refractivity contribution in [3.05, 3.63) is 65.6 Å². The number of hydrogen-bond donors (Lipinski definition) is 3. The maximum Gasteiger partial charge on any atom is 0.329 e. The molecule has 3 N–H and O–H groups in total. The van der Waals surface area contributed by atoms with E-state index in [1.165, 1.54) is 30.6 Å². The number of rotatable bonds is 5. The third-order valence-electron chi connectivity index (χ3n) is 5.08. The fraction of sp³-hybridized carbons (Fsp3) is 0.385. The topological polar surface area (TPSA) is 115 Å². The van der Waals surface area contributed by atoms with Gasteiger partial charge in [-0.2, -0.15) is 4.98 Å². The Labute approximate surface area is 217 Å². The van der Waals surface area contributed by atoms with Crippen LogP contribution in [-0.2, 0) is 0 Å². The van der Waals surface area contributed by atoms with E-state index in [2.05, 4.69) is 34.1 Å². The number of carbonyl (C=O) groups excluding carboxylic acids is 1. The van der Waals surface area contributed by atoms with Crippen LogP contribution in [0.15, 0.2) is 54.9 Å². The van der Waals surface area contributed by atoms with Gasteiger partial charge >= 0.3 is 6.03 Å². The molecule has 1 unspecified atom stereocenters. The van der Waals surface area contributed by atoms with Crippen molar-refractivity contribution in [3.8, 4) is 11.1 Å². The number of nitrogens with zero attached hydrogens (tertiary/aromatic N) is 5. The fourth-order valence-corrected chi connectivity index (χ4v) is 3.43. The van der Waals surface area contributed by atoms with Gasteiger partial charge in [-0.1, -0.05) is 63.9 Å². The Morgan fingerprint density at radius 3 is 2.36 bits per heavy atom. The average Bonchev–Trinajstić information content (AvgIpc) is 3.09. The lowest BCUT2D eigenvalue weighted by molar-refractivity contribution is -0.214. The lowest BCUT2D eigenvalue weighted by Crippen LogP contribution is -2.44. The van der Waals surface area contributed by atoms with Crippen molar-refractivity contribution in [3.63, 3.8) is 0 Å². The third kappa shape index (κ3) is 7.13. The summed E-state index contributed by atoms with van der Waals surface area (Å²) in [6.07, 6.45) is 4.52. The van der Waals surface area contributed by atoms with E-state index in [0.29, 0.717) is 5.02 Å². The van der Waals surface area contributed by atoms with Crippen LogP contribution in [0, 0.1) is 0 Å². The third-order valence-corrected chi connectivity index (χ3v) is 5.31. The highest BCUT2D eigenvalue weighted by Crippen LogP contribution is 2.27. The second-order valence-electron chi connectivity index (χ2n) is 8.00. The van der Waals surface area contributed by atoms with Crippen LogP contribution < -0.4 is 10.2 Å². The van der Waals surface area contributed by atoms with E-state index in [1.54, 1.807) is 6.20 Å². The highest BCUT2D eigenvalue weighted by molar-refractivity contribution is 6.30. The molecule has 1 atom stereocenters. The number of hydrogen-bond acceptors (Lipinski definition) is 7. The van der Waals surface area contributed by atoms with E-state index in [1.807, 2.05) is 57.2 Å². The summed E-state index contributed by atoms with van der Waals surface area (Å²) >= 11 is 6.06. The zero-order valence-electron chi connectivity index (χ0n) is 21.6. The first kappa shape index (κ1) is 29.0. The van der Waals surface area contributed by atoms with Crippen molar-refractivity contribution in [2.24, 2.45) is 0 Å². The van der Waals surface area contributed by atoms with E-state index in [9.17, 15) is 15.0 Å². The molecule has 10 heteroatoms. The molecule has 36 heavy (non-hydrogen) atoms. The number of halogens is 1. The molecule has 0 bridgehead atoms. The molecular formula is C26H35ClN6O3. The van der Waals surface area contributed by atoms with E-state index in [0.717, 1.165) is 21.7 Å². The van der Waals surface area contributed by atoms with Crippen molar-refractivity contribution in [1.82, 2.24) is 19.9 Å². The van der Waals surface area contributed by atoms with Gasteiger partial charge in [-0.15, -0.1) is 0 Å². The summed E-state index contributed by atoms with van der Waals surface area (Å²) in [6.45, 7) is 9.85. The smallest absolute Gasteiger partial charge is 0.329 e. The Hall–Kier alpha value is -3.27. The first-order valence-electron chi connectivity index (χ1n) is 12.0. The predicted octanol–water partition coefficient (Wildman–Crippen LogP) is 5.32. The Balaban J connectivity index is 0.000000850. The summed E-state index contributed by atoms with van der Waals surface area (Å²) in [5.41, 5.74) is 2.71. The quantitative estimate of drug-likeness (QED) is 0.395. The van der Waals surface area contributed by atoms with Gasteiger partial charge in [-0.25, -0.2) is 9.78 Å². The number of pyridine rings is 1. The van der Waals surface area contributed by atoms with Crippen molar-refractivity contribution < 1.29 is 15.0 Å². The molecule has 2 amide bonds. The van der Waals surface area contributed by atoms with Crippen LogP contribution in [0.25, 0.3) is 11.1 Å². The second kappa shape index (κ2) is 13.2. The summed E-state index contributed by atoms with van der Waals surface area (Å²) in [5.74, 6) is -1.71. The van der Waals surface area contributed by atoms with Gasteiger partial charge in [0.1, 0.15) is 12.4 Å². The summed E-state index contributed by atoms with van der Waals surface area (Å²) in [7, 11) is 1.31. The van der Waals surface area contributed by atoms with Crippen LogP contribution in [0.2, 0.25) is 5.02 Å². The number of aliphatic hydroxyl groups is 2. The molecule has 3 aromatic rings. The molecule has 1 fully saturated rings. The van der Waals surface area contributed by atoms with Crippen LogP contribution >= 0.6 is 11.6 Å². The number of benzene rings is 1. The van der Waals surface area contributed by atoms with Crippen LogP contribution in [0.1, 0.15) is 52.8 Å². The molecule has 3 heterocycles. The minimum absolute atomic E-state index is 0.213. The molecule has 1 aromatic carbocycles. The summed E-state index contributed by atoms with van der Waals surface area (Å²) in [4.78, 5) is 27.3. The number of carbonyl (C=O) groups is 1. The highest BCUT2D eigenvalue weighted by atomic mass is 35.5. The lowest BCUT2D eigenvalue weighted by atomic mass is 10.1. The van der Waals surface area contributed by atoms with Crippen LogP contribution in [0.5, 0.6) is 0 Å². The van der Waals surface area contributed by atoms with E-state index < -0.39 is 11.9 Å². The Kier molecular flexibility index (Phi) is 10.6. The Morgan fingerprint density at radius 1 is 1.11 bits per heavy atom. The van der Waals surface area contributed by atoms with E-state index >= 15 is 0 Å². The van der Waals surface area contributed by atoms with Crippen molar-refractivity contribution in [2.75, 3.05) is 23.8 Å². The number of likely N-dealkylation sites (N-methyl/N-ethyl adjacent to an activating group) is 1. The number of amides is 2. The molecule has 4 rings (SSSR count). The Morgan fingerprint density at radius 2 is 1.81 bits per heavy atom. The predicted molar refractivity (Wildman–Crippen MR) is 144 cm³/mol. The summed E-state index contributed by atoms with van der Waals surface area (Å²) in [5, 5.41) is 23.6. The standard InChI is InChI=1S/C21H21ClN6O3.C3H8.C2H6/c1-13(17-7-6-15(11-24-17)14-4-3-5-16(22)10-14)25-19-23-9-8-18(26-19)28-12-21(30,31)27(2)20(28)29;1-3-2;1-2/h3-11,13,30-31H,12H2,1-2H3,(H,23,25,26);3H2,1-2H3;1-2H3. The first-order valence-corrected chi connectivity index (χ1v) is 12.4. The number of aromatic nitrogens is 3. The van der Waals surface area contributed by atoms with Gasteiger partial charge in [-0.05, 0) is 36.8 Å². The number of anilines is 2. The normalized spacial score (nSPS) is 14.9. The maximum atomic E-state index is 12.3. The molecule has 1 aliphatic rings. The van der Waals surface area contributed by atoms with Crippen LogP contribution in [0.4, 0.5) is 16.6 Å². The van der Waals surface area contributed by atoms with Gasteiger partial charge in [0.05, 0.1) is 11.7 Å². The van der Waals surface area contributed by atoms with Gasteiger partial charge in [0.25, 0.3) is 5.91 Å². The second-order valence-corrected chi connectivity index (χ2v) is 8.43. The molecule has 0 radical (unpaired) electrons. The zero-order valence-corrected chi connectivity index (χ0v) is 22.4. The molecule has 0 aliphatic carbocycles. The van der Waals surface area contributed by atoms with E-state index in [-0.39, 0.29) is 24.4 Å². The van der Waals surface area contributed by atoms with Crippen LogP contribution in [-0.4, -0.2) is 55.6 Å². The molecule has 1 aliphatic heterocycles. The SMILES string of the molecule is CC.CC(Nc1nccc(N2CC(O)(O)N(C)C2=O)n1)c1ccc(-c2cccc(Cl)c2)cn1.CCC. The van der Waals surface area contributed by atoms with Crippen LogP contribution in [0.3, 0.4) is 0 Å². The summed E-state index contributed by atoms with van der Waals surface area (Å²) in [6, 6.07) is 12.2. The number of nitrogens with one attached hydrogen (secondary N) is 1. The molecule has 194 valence electrons. The first-order chi connectivity index (χ1) is 17.2. The molecule has 9 nitrogen and oxygen atoms in total. The average molecular weight is 515 g/mol. The fourth-order valence-electron chi connectivity index (χ4n) is 3.24. The largest absolute Gasteiger partial charge is 0.347 e. The monoisotopic (exact) mass is 514 g/mol. The zero-order chi connectivity index (χ0) is 26.9. The maximum absolute atomic E-state index is 12.3. The minimum Gasteiger partial charge on any atom is -0.347 e. The molecule has 0 spiro atoms. The lowest BCUT2D eigenvalue weighted by Gasteiger charge is -2.20. The van der Waals surface area contributed by atoms with Crippen molar-refractivity contribution in [1.29, 1.82) is 0 Å². The molecule has 2 aromatic heterocycles. The molecule has 1 saturated heterocycles. The molecule has 0 saturated carbocycles. The van der Waals surface area contributed by atoms with Gasteiger partial charge < -0.3 is 15.5 Å². The van der Waals surface area contributed by atoms with E-state index in [4.69, 9.17) is 11.6 Å². The number of urea groups is 1. The van der Waals surface area contributed by atoms with Crippen molar-refractivity contribution >= 4 is 29.4 Å². The highest BCUT2D eigenvalue weighted by Gasteiger charge is 2.46. The van der Waals surface area contributed by atoms with Crippen molar-refractivity contribution in [2.45, 2.75) is 53.0 Å². The summed E-state index contributed by atoms with van der Waals surface area (Å²) < 4.78 is 0. The minimum atomic E-state index is -2.25.